The lowest BCUT2D eigenvalue weighted by Gasteiger charge is -2.34. The first-order valence-electron chi connectivity index (χ1n) is 5.95. The molecule has 0 fully saturated rings. The van der Waals surface area contributed by atoms with E-state index in [1.807, 2.05) is 12.4 Å². The first kappa shape index (κ1) is 12.3. The molecule has 1 aliphatic rings. The van der Waals surface area contributed by atoms with Crippen LogP contribution in [0.2, 0.25) is 0 Å². The van der Waals surface area contributed by atoms with Crippen LogP contribution in [0.1, 0.15) is 17.4 Å². The normalized spacial score (nSPS) is 17.7. The number of rotatable bonds is 3. The Labute approximate surface area is 119 Å². The minimum Gasteiger partial charge on any atom is -0.333 e. The maximum Gasteiger partial charge on any atom is 0.122 e. The molecular weight excluding hydrogens is 312 g/mol. The van der Waals surface area contributed by atoms with Crippen molar-refractivity contribution in [2.45, 2.75) is 19.1 Å². The highest BCUT2D eigenvalue weighted by atomic mass is 79.9. The second-order valence-electron chi connectivity index (χ2n) is 4.43. The van der Waals surface area contributed by atoms with Gasteiger partial charge < -0.3 is 10.3 Å². The molecule has 6 heteroatoms. The molecule has 0 radical (unpaired) electrons. The van der Waals surface area contributed by atoms with E-state index in [-0.39, 0.29) is 6.04 Å². The molecule has 0 aromatic carbocycles. The zero-order valence-electron chi connectivity index (χ0n) is 9.92. The van der Waals surface area contributed by atoms with Crippen LogP contribution >= 0.6 is 27.3 Å². The predicted octanol–water partition coefficient (Wildman–Crippen LogP) is 2.22. The summed E-state index contributed by atoms with van der Waals surface area (Å²) in [6.45, 7) is 3.52. The van der Waals surface area contributed by atoms with Crippen molar-refractivity contribution in [2.24, 2.45) is 5.73 Å². The van der Waals surface area contributed by atoms with E-state index >= 15 is 0 Å². The molecule has 1 unspecified atom stereocenters. The summed E-state index contributed by atoms with van der Waals surface area (Å²) in [5.41, 5.74) is 7.27. The van der Waals surface area contributed by atoms with Crippen LogP contribution in [-0.2, 0) is 13.1 Å². The number of imidazole rings is 1. The molecule has 96 valence electrons. The fourth-order valence-corrected chi connectivity index (χ4v) is 4.07. The van der Waals surface area contributed by atoms with Crippen molar-refractivity contribution in [3.63, 3.8) is 0 Å². The van der Waals surface area contributed by atoms with Gasteiger partial charge in [-0.1, -0.05) is 0 Å². The SMILES string of the molecule is NCC(c1cscc1Br)N1CCn2ccnc2C1. The van der Waals surface area contributed by atoms with E-state index in [0.29, 0.717) is 6.54 Å². The Balaban J connectivity index is 1.84. The standard InChI is InChI=1S/C12H15BrN4S/c13-10-8-18-7-9(10)11(5-14)17-4-3-16-2-1-15-12(16)6-17/h1-2,7-8,11H,3-6,14H2. The largest absolute Gasteiger partial charge is 0.333 e. The van der Waals surface area contributed by atoms with Gasteiger partial charge in [0.25, 0.3) is 0 Å². The third-order valence-corrected chi connectivity index (χ3v) is 5.19. The van der Waals surface area contributed by atoms with Crippen LogP contribution in [0.4, 0.5) is 0 Å². The van der Waals surface area contributed by atoms with Crippen LogP contribution in [0.5, 0.6) is 0 Å². The Morgan fingerprint density at radius 2 is 2.33 bits per heavy atom. The lowest BCUT2D eigenvalue weighted by atomic mass is 10.1. The van der Waals surface area contributed by atoms with Gasteiger partial charge in [-0.25, -0.2) is 4.98 Å². The van der Waals surface area contributed by atoms with Crippen molar-refractivity contribution >= 4 is 27.3 Å². The number of hydrogen-bond acceptors (Lipinski definition) is 4. The molecule has 0 amide bonds. The molecule has 3 rings (SSSR count). The lowest BCUT2D eigenvalue weighted by Crippen LogP contribution is -2.39. The summed E-state index contributed by atoms with van der Waals surface area (Å²) in [7, 11) is 0. The summed E-state index contributed by atoms with van der Waals surface area (Å²) >= 11 is 5.32. The van der Waals surface area contributed by atoms with Crippen molar-refractivity contribution in [1.82, 2.24) is 14.5 Å². The van der Waals surface area contributed by atoms with Gasteiger partial charge in [0.2, 0.25) is 0 Å². The van der Waals surface area contributed by atoms with Gasteiger partial charge in [-0.3, -0.25) is 4.90 Å². The number of fused-ring (bicyclic) bond motifs is 1. The molecular formula is C12H15BrN4S. The number of thiophene rings is 1. The molecule has 2 aromatic rings. The highest BCUT2D eigenvalue weighted by Gasteiger charge is 2.25. The fraction of sp³-hybridized carbons (Fsp3) is 0.417. The number of aromatic nitrogens is 2. The summed E-state index contributed by atoms with van der Waals surface area (Å²) in [6.07, 6.45) is 3.92. The van der Waals surface area contributed by atoms with Gasteiger partial charge in [0.15, 0.2) is 0 Å². The van der Waals surface area contributed by atoms with Crippen molar-refractivity contribution in [1.29, 1.82) is 0 Å². The predicted molar refractivity (Wildman–Crippen MR) is 76.5 cm³/mol. The quantitative estimate of drug-likeness (QED) is 0.940. The van der Waals surface area contributed by atoms with Crippen LogP contribution < -0.4 is 5.73 Å². The van der Waals surface area contributed by atoms with Gasteiger partial charge in [0.05, 0.1) is 6.54 Å². The summed E-state index contributed by atoms with van der Waals surface area (Å²) < 4.78 is 3.38. The summed E-state index contributed by atoms with van der Waals surface area (Å²) in [4.78, 5) is 6.81. The number of nitrogens with two attached hydrogens (primary N) is 1. The Bertz CT molecular complexity index is 536. The third kappa shape index (κ3) is 2.14. The van der Waals surface area contributed by atoms with E-state index in [1.165, 1.54) is 5.56 Å². The van der Waals surface area contributed by atoms with E-state index < -0.39 is 0 Å². The molecule has 0 aliphatic carbocycles. The van der Waals surface area contributed by atoms with Crippen LogP contribution in [0.3, 0.4) is 0 Å². The number of hydrogen-bond donors (Lipinski definition) is 1. The van der Waals surface area contributed by atoms with Crippen LogP contribution in [-0.4, -0.2) is 27.5 Å². The van der Waals surface area contributed by atoms with Crippen molar-refractivity contribution in [3.8, 4) is 0 Å². The Kier molecular flexibility index (Phi) is 3.52. The minimum atomic E-state index is 0.274. The third-order valence-electron chi connectivity index (χ3n) is 3.44. The smallest absolute Gasteiger partial charge is 0.122 e. The molecule has 1 aliphatic heterocycles. The second kappa shape index (κ2) is 5.13. The van der Waals surface area contributed by atoms with E-state index in [2.05, 4.69) is 41.1 Å². The maximum absolute atomic E-state index is 5.97. The van der Waals surface area contributed by atoms with E-state index in [0.717, 1.165) is 29.9 Å². The average Bonchev–Trinajstić information content (AvgIpc) is 2.99. The Morgan fingerprint density at radius 1 is 1.44 bits per heavy atom. The number of nitrogens with zero attached hydrogens (tertiary/aromatic N) is 3. The lowest BCUT2D eigenvalue weighted by molar-refractivity contribution is 0.156. The van der Waals surface area contributed by atoms with E-state index in [1.54, 1.807) is 11.3 Å². The fourth-order valence-electron chi connectivity index (χ4n) is 2.46. The minimum absolute atomic E-state index is 0.274. The van der Waals surface area contributed by atoms with Gasteiger partial charge in [-0.15, -0.1) is 0 Å². The van der Waals surface area contributed by atoms with Crippen molar-refractivity contribution in [2.75, 3.05) is 13.1 Å². The van der Waals surface area contributed by atoms with E-state index in [9.17, 15) is 0 Å². The van der Waals surface area contributed by atoms with Crippen LogP contribution in [0, 0.1) is 0 Å². The Hall–Kier alpha value is -0.690. The first-order chi connectivity index (χ1) is 8.79. The second-order valence-corrected chi connectivity index (χ2v) is 6.03. The molecule has 0 spiro atoms. The highest BCUT2D eigenvalue weighted by Crippen LogP contribution is 2.32. The molecule has 1 atom stereocenters. The van der Waals surface area contributed by atoms with Gasteiger partial charge >= 0.3 is 0 Å². The zero-order valence-corrected chi connectivity index (χ0v) is 12.3. The molecule has 2 aromatic heterocycles. The molecule has 0 saturated carbocycles. The van der Waals surface area contributed by atoms with Crippen molar-refractivity contribution in [3.05, 3.63) is 39.0 Å². The van der Waals surface area contributed by atoms with E-state index in [4.69, 9.17) is 5.73 Å². The molecule has 18 heavy (non-hydrogen) atoms. The molecule has 3 heterocycles. The number of halogens is 1. The molecule has 0 bridgehead atoms. The van der Waals surface area contributed by atoms with Crippen LogP contribution in [0.25, 0.3) is 0 Å². The summed E-state index contributed by atoms with van der Waals surface area (Å²) in [6, 6.07) is 0.274. The van der Waals surface area contributed by atoms with Gasteiger partial charge in [0, 0.05) is 47.9 Å². The van der Waals surface area contributed by atoms with Crippen LogP contribution in [0.15, 0.2) is 27.6 Å². The Morgan fingerprint density at radius 3 is 3.06 bits per heavy atom. The summed E-state index contributed by atoms with van der Waals surface area (Å²) in [5.74, 6) is 1.13. The molecule has 2 N–H and O–H groups in total. The van der Waals surface area contributed by atoms with Crippen molar-refractivity contribution < 1.29 is 0 Å². The average molecular weight is 327 g/mol. The first-order valence-corrected chi connectivity index (χ1v) is 7.69. The molecule has 4 nitrogen and oxygen atoms in total. The maximum atomic E-state index is 5.97. The van der Waals surface area contributed by atoms with Gasteiger partial charge in [-0.2, -0.15) is 11.3 Å². The zero-order chi connectivity index (χ0) is 12.5. The van der Waals surface area contributed by atoms with Gasteiger partial charge in [-0.05, 0) is 26.9 Å². The van der Waals surface area contributed by atoms with Gasteiger partial charge in [0.1, 0.15) is 5.82 Å². The molecule has 0 saturated heterocycles. The topological polar surface area (TPSA) is 47.1 Å². The highest BCUT2D eigenvalue weighted by molar-refractivity contribution is 9.10. The summed E-state index contributed by atoms with van der Waals surface area (Å²) in [5, 5.41) is 4.30. The monoisotopic (exact) mass is 326 g/mol.